The smallest absolute Gasteiger partial charge is 0.0522 e. The van der Waals surface area contributed by atoms with Gasteiger partial charge in [-0.3, -0.25) is 0 Å². The molecule has 1 aromatic rings. The van der Waals surface area contributed by atoms with E-state index in [1.807, 2.05) is 0 Å². The number of rotatable bonds is 3. The molecule has 0 radical (unpaired) electrons. The molecular weight excluding hydrogens is 368 g/mol. The maximum absolute atomic E-state index is 3.65. The Morgan fingerprint density at radius 1 is 1.32 bits per heavy atom. The third-order valence-corrected chi connectivity index (χ3v) is 4.62. The van der Waals surface area contributed by atoms with E-state index in [2.05, 4.69) is 81.0 Å². The molecule has 4 heteroatoms. The molecule has 1 aliphatic heterocycles. The quantitative estimate of drug-likeness (QED) is 0.822. The first-order valence-electron chi connectivity index (χ1n) is 6.80. The lowest BCUT2D eigenvalue weighted by Crippen LogP contribution is -2.39. The van der Waals surface area contributed by atoms with Crippen molar-refractivity contribution >= 4 is 37.5 Å². The zero-order valence-electron chi connectivity index (χ0n) is 11.8. The van der Waals surface area contributed by atoms with Gasteiger partial charge in [0.2, 0.25) is 0 Å². The largest absolute Gasteiger partial charge is 0.370 e. The Morgan fingerprint density at radius 2 is 2.05 bits per heavy atom. The summed E-state index contributed by atoms with van der Waals surface area (Å²) in [4.78, 5) is 2.48. The van der Waals surface area contributed by atoms with Crippen molar-refractivity contribution in [3.05, 3.63) is 27.1 Å². The van der Waals surface area contributed by atoms with Crippen molar-refractivity contribution < 1.29 is 0 Å². The van der Waals surface area contributed by atoms with Crippen LogP contribution in [0.4, 0.5) is 5.69 Å². The third kappa shape index (κ3) is 4.47. The van der Waals surface area contributed by atoms with Gasteiger partial charge in [-0.2, -0.15) is 0 Å². The van der Waals surface area contributed by atoms with Gasteiger partial charge < -0.3 is 10.2 Å². The molecule has 0 saturated carbocycles. The summed E-state index contributed by atoms with van der Waals surface area (Å²) in [7, 11) is 0. The van der Waals surface area contributed by atoms with Gasteiger partial charge in [-0.25, -0.2) is 0 Å². The normalized spacial score (nSPS) is 20.1. The van der Waals surface area contributed by atoms with E-state index in [-0.39, 0.29) is 5.54 Å². The van der Waals surface area contributed by atoms with Gasteiger partial charge in [-0.05, 0) is 67.2 Å². The molecule has 0 amide bonds. The van der Waals surface area contributed by atoms with Crippen LogP contribution in [0.3, 0.4) is 0 Å². The SMILES string of the molecule is CC(C)(C)NCC1CCN(c2cc(Br)ccc2Br)C1. The molecule has 0 aliphatic carbocycles. The summed E-state index contributed by atoms with van der Waals surface area (Å²) in [5.74, 6) is 0.741. The second-order valence-corrected chi connectivity index (χ2v) is 8.10. The van der Waals surface area contributed by atoms with Crippen LogP contribution in [-0.4, -0.2) is 25.2 Å². The predicted molar refractivity (Wildman–Crippen MR) is 89.9 cm³/mol. The van der Waals surface area contributed by atoms with Crippen LogP contribution in [0.5, 0.6) is 0 Å². The van der Waals surface area contributed by atoms with Crippen LogP contribution in [0.1, 0.15) is 27.2 Å². The molecule has 1 fully saturated rings. The van der Waals surface area contributed by atoms with Crippen LogP contribution >= 0.6 is 31.9 Å². The predicted octanol–water partition coefficient (Wildman–Crippen LogP) is 4.43. The molecule has 1 N–H and O–H groups in total. The van der Waals surface area contributed by atoms with Crippen molar-refractivity contribution in [3.63, 3.8) is 0 Å². The number of hydrogen-bond donors (Lipinski definition) is 1. The van der Waals surface area contributed by atoms with Crippen molar-refractivity contribution in [1.82, 2.24) is 5.32 Å². The molecular formula is C15H22Br2N2. The van der Waals surface area contributed by atoms with E-state index in [9.17, 15) is 0 Å². The minimum absolute atomic E-state index is 0.212. The van der Waals surface area contributed by atoms with Gasteiger partial charge in [0.25, 0.3) is 0 Å². The molecule has 0 aromatic heterocycles. The standard InChI is InChI=1S/C15H22Br2N2/c1-15(2,3)18-9-11-6-7-19(10-11)14-8-12(16)4-5-13(14)17/h4-5,8,11,18H,6-7,9-10H2,1-3H3. The lowest BCUT2D eigenvalue weighted by atomic mass is 10.1. The first-order chi connectivity index (χ1) is 8.85. The Hall–Kier alpha value is -0.0600. The molecule has 0 spiro atoms. The molecule has 1 atom stereocenters. The second kappa shape index (κ2) is 6.15. The van der Waals surface area contributed by atoms with E-state index < -0.39 is 0 Å². The number of nitrogens with one attached hydrogen (secondary N) is 1. The van der Waals surface area contributed by atoms with Crippen molar-refractivity contribution in [2.45, 2.75) is 32.7 Å². The highest BCUT2D eigenvalue weighted by Gasteiger charge is 2.25. The maximum Gasteiger partial charge on any atom is 0.0522 e. The number of halogens is 2. The minimum atomic E-state index is 0.212. The highest BCUT2D eigenvalue weighted by atomic mass is 79.9. The van der Waals surface area contributed by atoms with E-state index >= 15 is 0 Å². The molecule has 1 aromatic carbocycles. The monoisotopic (exact) mass is 388 g/mol. The topological polar surface area (TPSA) is 15.3 Å². The highest BCUT2D eigenvalue weighted by Crippen LogP contribution is 2.33. The first kappa shape index (κ1) is 15.3. The second-order valence-electron chi connectivity index (χ2n) is 6.33. The van der Waals surface area contributed by atoms with Gasteiger partial charge in [0, 0.05) is 34.1 Å². The summed E-state index contributed by atoms with van der Waals surface area (Å²) in [6.07, 6.45) is 1.27. The summed E-state index contributed by atoms with van der Waals surface area (Å²) in [6.45, 7) is 10.1. The zero-order chi connectivity index (χ0) is 14.0. The Balaban J connectivity index is 1.96. The molecule has 0 bridgehead atoms. The Morgan fingerprint density at radius 3 is 2.74 bits per heavy atom. The summed E-state index contributed by atoms with van der Waals surface area (Å²) >= 11 is 7.21. The number of nitrogens with zero attached hydrogens (tertiary/aromatic N) is 1. The number of benzene rings is 1. The van der Waals surface area contributed by atoms with E-state index in [4.69, 9.17) is 0 Å². The first-order valence-corrected chi connectivity index (χ1v) is 8.39. The Kier molecular flexibility index (Phi) is 4.96. The average molecular weight is 390 g/mol. The lowest BCUT2D eigenvalue weighted by Gasteiger charge is -2.24. The molecule has 1 unspecified atom stereocenters. The fourth-order valence-electron chi connectivity index (χ4n) is 2.40. The van der Waals surface area contributed by atoms with Crippen molar-refractivity contribution in [1.29, 1.82) is 0 Å². The summed E-state index contributed by atoms with van der Waals surface area (Å²) in [5.41, 5.74) is 1.51. The van der Waals surface area contributed by atoms with Gasteiger partial charge in [0.05, 0.1) is 5.69 Å². The van der Waals surface area contributed by atoms with Gasteiger partial charge in [0.1, 0.15) is 0 Å². The fourth-order valence-corrected chi connectivity index (χ4v) is 3.24. The molecule has 2 nitrogen and oxygen atoms in total. The van der Waals surface area contributed by atoms with Crippen molar-refractivity contribution in [3.8, 4) is 0 Å². The Labute approximate surface area is 133 Å². The van der Waals surface area contributed by atoms with Gasteiger partial charge in [-0.1, -0.05) is 15.9 Å². The Bertz CT molecular complexity index is 440. The number of anilines is 1. The van der Waals surface area contributed by atoms with Crippen LogP contribution in [0.2, 0.25) is 0 Å². The van der Waals surface area contributed by atoms with E-state index in [0.29, 0.717) is 0 Å². The fraction of sp³-hybridized carbons (Fsp3) is 0.600. The van der Waals surface area contributed by atoms with E-state index in [1.165, 1.54) is 16.6 Å². The van der Waals surface area contributed by atoms with Crippen LogP contribution in [-0.2, 0) is 0 Å². The number of hydrogen-bond acceptors (Lipinski definition) is 2. The van der Waals surface area contributed by atoms with Gasteiger partial charge >= 0.3 is 0 Å². The van der Waals surface area contributed by atoms with E-state index in [0.717, 1.165) is 30.0 Å². The lowest BCUT2D eigenvalue weighted by molar-refractivity contribution is 0.383. The minimum Gasteiger partial charge on any atom is -0.370 e. The maximum atomic E-state index is 3.65. The van der Waals surface area contributed by atoms with Gasteiger partial charge in [-0.15, -0.1) is 0 Å². The van der Waals surface area contributed by atoms with Crippen molar-refractivity contribution in [2.24, 2.45) is 5.92 Å². The summed E-state index contributed by atoms with van der Waals surface area (Å²) in [6, 6.07) is 6.38. The molecule has 1 heterocycles. The summed E-state index contributed by atoms with van der Waals surface area (Å²) < 4.78 is 2.32. The highest BCUT2D eigenvalue weighted by molar-refractivity contribution is 9.11. The van der Waals surface area contributed by atoms with Crippen LogP contribution < -0.4 is 10.2 Å². The molecule has 1 saturated heterocycles. The molecule has 1 aliphatic rings. The van der Waals surface area contributed by atoms with Crippen LogP contribution in [0.25, 0.3) is 0 Å². The average Bonchev–Trinajstić information content (AvgIpc) is 2.77. The molecule has 106 valence electrons. The van der Waals surface area contributed by atoms with Gasteiger partial charge in [0.15, 0.2) is 0 Å². The van der Waals surface area contributed by atoms with Crippen molar-refractivity contribution in [2.75, 3.05) is 24.5 Å². The van der Waals surface area contributed by atoms with Crippen LogP contribution in [0.15, 0.2) is 27.1 Å². The van der Waals surface area contributed by atoms with Crippen LogP contribution in [0, 0.1) is 5.92 Å². The van der Waals surface area contributed by atoms with E-state index in [1.54, 1.807) is 0 Å². The molecule has 2 rings (SSSR count). The molecule has 19 heavy (non-hydrogen) atoms. The summed E-state index contributed by atoms with van der Waals surface area (Å²) in [5, 5.41) is 3.61. The zero-order valence-corrected chi connectivity index (χ0v) is 15.0. The third-order valence-electron chi connectivity index (χ3n) is 3.46.